The number of benzene rings is 1. The Morgan fingerprint density at radius 2 is 2.04 bits per heavy atom. The van der Waals surface area contributed by atoms with Crippen molar-refractivity contribution in [2.24, 2.45) is 0 Å². The summed E-state index contributed by atoms with van der Waals surface area (Å²) in [4.78, 5) is 32.4. The van der Waals surface area contributed by atoms with Crippen molar-refractivity contribution in [2.75, 3.05) is 20.2 Å². The molecule has 3 rings (SSSR count). The highest BCUT2D eigenvalue weighted by molar-refractivity contribution is 5.94. The molecule has 1 aromatic carbocycles. The Hall–Kier alpha value is -2.74. The molecule has 8 nitrogen and oxygen atoms in total. The molecule has 0 N–H and O–H groups in total. The highest BCUT2D eigenvalue weighted by atomic mass is 16.5. The smallest absolute Gasteiger partial charge is 0.246 e. The van der Waals surface area contributed by atoms with Gasteiger partial charge in [-0.2, -0.15) is 4.98 Å². The molecular formula is C18H22N4O4. The zero-order valence-corrected chi connectivity index (χ0v) is 14.9. The lowest BCUT2D eigenvalue weighted by molar-refractivity contribution is -0.156. The number of carbonyl (C=O) groups is 2. The van der Waals surface area contributed by atoms with Crippen LogP contribution in [-0.2, 0) is 33.9 Å². The van der Waals surface area contributed by atoms with Crippen LogP contribution in [0.3, 0.4) is 0 Å². The second kappa shape index (κ2) is 8.09. The molecule has 0 unspecified atom stereocenters. The number of amides is 2. The molecule has 26 heavy (non-hydrogen) atoms. The topological polar surface area (TPSA) is 88.8 Å². The van der Waals surface area contributed by atoms with Crippen LogP contribution in [0.15, 0.2) is 34.9 Å². The van der Waals surface area contributed by atoms with E-state index in [1.807, 2.05) is 30.3 Å². The third kappa shape index (κ3) is 4.08. The Morgan fingerprint density at radius 1 is 1.27 bits per heavy atom. The highest BCUT2D eigenvalue weighted by Crippen LogP contribution is 2.16. The summed E-state index contributed by atoms with van der Waals surface area (Å²) in [5.74, 6) is 0.507. The van der Waals surface area contributed by atoms with E-state index in [2.05, 4.69) is 10.1 Å². The quantitative estimate of drug-likeness (QED) is 0.734. The fraction of sp³-hybridized carbons (Fsp3) is 0.444. The number of hydrogen-bond donors (Lipinski definition) is 0. The molecule has 8 heteroatoms. The Morgan fingerprint density at radius 3 is 2.77 bits per heavy atom. The van der Waals surface area contributed by atoms with E-state index in [0.29, 0.717) is 18.3 Å². The van der Waals surface area contributed by atoms with Gasteiger partial charge >= 0.3 is 0 Å². The maximum absolute atomic E-state index is 12.6. The third-order valence-electron chi connectivity index (χ3n) is 4.39. The SMILES string of the molecule is COCc1noc(CN2C(=O)CN(CCc3ccccc3)C(=O)[C@@H]2C)n1. The van der Waals surface area contributed by atoms with Gasteiger partial charge in [0.2, 0.25) is 17.7 Å². The summed E-state index contributed by atoms with van der Waals surface area (Å²) in [7, 11) is 1.54. The summed E-state index contributed by atoms with van der Waals surface area (Å²) in [6, 6.07) is 9.34. The number of ether oxygens (including phenoxy) is 1. The summed E-state index contributed by atoms with van der Waals surface area (Å²) in [6.45, 7) is 2.66. The number of piperazine rings is 1. The molecule has 2 amide bonds. The summed E-state index contributed by atoms with van der Waals surface area (Å²) in [6.07, 6.45) is 0.719. The van der Waals surface area contributed by atoms with E-state index in [9.17, 15) is 9.59 Å². The number of rotatable bonds is 7. The van der Waals surface area contributed by atoms with Gasteiger partial charge in [0, 0.05) is 13.7 Å². The van der Waals surface area contributed by atoms with E-state index in [4.69, 9.17) is 9.26 Å². The normalized spacial score (nSPS) is 17.8. The van der Waals surface area contributed by atoms with Gasteiger partial charge in [0.1, 0.15) is 19.2 Å². The van der Waals surface area contributed by atoms with Crippen LogP contribution in [0.1, 0.15) is 24.2 Å². The Labute approximate surface area is 151 Å². The van der Waals surface area contributed by atoms with E-state index < -0.39 is 6.04 Å². The first-order valence-corrected chi connectivity index (χ1v) is 8.51. The summed E-state index contributed by atoms with van der Waals surface area (Å²) >= 11 is 0. The van der Waals surface area contributed by atoms with Crippen molar-refractivity contribution in [3.05, 3.63) is 47.6 Å². The molecule has 2 heterocycles. The van der Waals surface area contributed by atoms with Crippen molar-refractivity contribution >= 4 is 11.8 Å². The summed E-state index contributed by atoms with van der Waals surface area (Å²) in [5.41, 5.74) is 1.14. The molecule has 0 radical (unpaired) electrons. The number of methoxy groups -OCH3 is 1. The van der Waals surface area contributed by atoms with Crippen molar-refractivity contribution in [1.29, 1.82) is 0 Å². The standard InChI is InChI=1S/C18H22N4O4/c1-13-18(24)21(9-8-14-6-4-3-5-7-14)11-17(23)22(13)10-16-19-15(12-25-2)20-26-16/h3-7,13H,8-12H2,1-2H3/t13-/m0/s1. The average Bonchev–Trinajstić information content (AvgIpc) is 3.09. The molecule has 1 aliphatic rings. The predicted molar refractivity (Wildman–Crippen MR) is 91.7 cm³/mol. The molecule has 0 bridgehead atoms. The highest BCUT2D eigenvalue weighted by Gasteiger charge is 2.37. The molecule has 1 aliphatic heterocycles. The molecule has 0 saturated carbocycles. The molecular weight excluding hydrogens is 336 g/mol. The Balaban J connectivity index is 1.61. The third-order valence-corrected chi connectivity index (χ3v) is 4.39. The predicted octanol–water partition coefficient (Wildman–Crippen LogP) is 1.02. The van der Waals surface area contributed by atoms with E-state index in [-0.39, 0.29) is 31.5 Å². The zero-order valence-electron chi connectivity index (χ0n) is 14.9. The van der Waals surface area contributed by atoms with Gasteiger partial charge in [0.05, 0.1) is 6.54 Å². The Bertz CT molecular complexity index is 762. The van der Waals surface area contributed by atoms with Crippen LogP contribution in [0.4, 0.5) is 0 Å². The number of nitrogens with zero attached hydrogens (tertiary/aromatic N) is 4. The molecule has 1 fully saturated rings. The van der Waals surface area contributed by atoms with E-state index in [1.54, 1.807) is 11.8 Å². The van der Waals surface area contributed by atoms with Crippen LogP contribution in [0.5, 0.6) is 0 Å². The number of carbonyl (C=O) groups excluding carboxylic acids is 2. The number of aromatic nitrogens is 2. The van der Waals surface area contributed by atoms with Crippen molar-refractivity contribution in [3.8, 4) is 0 Å². The minimum Gasteiger partial charge on any atom is -0.377 e. The lowest BCUT2D eigenvalue weighted by Crippen LogP contribution is -2.58. The van der Waals surface area contributed by atoms with Gasteiger partial charge < -0.3 is 19.1 Å². The van der Waals surface area contributed by atoms with Gasteiger partial charge in [-0.15, -0.1) is 0 Å². The second-order valence-electron chi connectivity index (χ2n) is 6.23. The monoisotopic (exact) mass is 358 g/mol. The molecule has 1 saturated heterocycles. The Kier molecular flexibility index (Phi) is 5.62. The van der Waals surface area contributed by atoms with Crippen LogP contribution in [0.2, 0.25) is 0 Å². The van der Waals surface area contributed by atoms with Crippen molar-refractivity contribution in [2.45, 2.75) is 32.5 Å². The first kappa shape index (κ1) is 18.1. The fourth-order valence-electron chi connectivity index (χ4n) is 2.96. The minimum absolute atomic E-state index is 0.0646. The summed E-state index contributed by atoms with van der Waals surface area (Å²) in [5, 5.41) is 3.77. The van der Waals surface area contributed by atoms with Crippen LogP contribution < -0.4 is 0 Å². The maximum atomic E-state index is 12.6. The second-order valence-corrected chi connectivity index (χ2v) is 6.23. The number of hydrogen-bond acceptors (Lipinski definition) is 6. The van der Waals surface area contributed by atoms with Gasteiger partial charge in [-0.25, -0.2) is 0 Å². The average molecular weight is 358 g/mol. The van der Waals surface area contributed by atoms with Crippen molar-refractivity contribution in [3.63, 3.8) is 0 Å². The first-order chi connectivity index (χ1) is 12.6. The lowest BCUT2D eigenvalue weighted by atomic mass is 10.1. The van der Waals surface area contributed by atoms with E-state index in [1.165, 1.54) is 12.0 Å². The molecule has 1 aromatic heterocycles. The van der Waals surface area contributed by atoms with E-state index >= 15 is 0 Å². The summed E-state index contributed by atoms with van der Waals surface area (Å²) < 4.78 is 10.1. The molecule has 2 aromatic rings. The van der Waals surface area contributed by atoms with Crippen LogP contribution in [-0.4, -0.2) is 58.0 Å². The van der Waals surface area contributed by atoms with Gasteiger partial charge in [-0.3, -0.25) is 9.59 Å². The van der Waals surface area contributed by atoms with Crippen molar-refractivity contribution in [1.82, 2.24) is 19.9 Å². The van der Waals surface area contributed by atoms with Gasteiger partial charge in [-0.05, 0) is 18.9 Å². The van der Waals surface area contributed by atoms with E-state index in [0.717, 1.165) is 12.0 Å². The van der Waals surface area contributed by atoms with Crippen molar-refractivity contribution < 1.29 is 18.8 Å². The van der Waals surface area contributed by atoms with Gasteiger partial charge in [0.25, 0.3) is 0 Å². The van der Waals surface area contributed by atoms with Crippen LogP contribution >= 0.6 is 0 Å². The first-order valence-electron chi connectivity index (χ1n) is 8.51. The minimum atomic E-state index is -0.565. The largest absolute Gasteiger partial charge is 0.377 e. The van der Waals surface area contributed by atoms with Crippen LogP contribution in [0, 0.1) is 0 Å². The lowest BCUT2D eigenvalue weighted by Gasteiger charge is -2.38. The molecule has 1 atom stereocenters. The zero-order chi connectivity index (χ0) is 18.5. The molecule has 138 valence electrons. The fourth-order valence-corrected chi connectivity index (χ4v) is 2.96. The molecule has 0 spiro atoms. The van der Waals surface area contributed by atoms with Gasteiger partial charge in [0.15, 0.2) is 5.82 Å². The maximum Gasteiger partial charge on any atom is 0.246 e. The van der Waals surface area contributed by atoms with Crippen LogP contribution in [0.25, 0.3) is 0 Å². The molecule has 0 aliphatic carbocycles. The van der Waals surface area contributed by atoms with Gasteiger partial charge in [-0.1, -0.05) is 35.5 Å².